The summed E-state index contributed by atoms with van der Waals surface area (Å²) in [6.07, 6.45) is 0.753. The molecule has 21 heavy (non-hydrogen) atoms. The number of urea groups is 1. The Bertz CT molecular complexity index is 524. The fourth-order valence-corrected chi connectivity index (χ4v) is 2.46. The highest BCUT2D eigenvalue weighted by Crippen LogP contribution is 2.21. The summed E-state index contributed by atoms with van der Waals surface area (Å²) in [5.74, 6) is -0.844. The molecule has 0 bridgehead atoms. The minimum atomic E-state index is -0.844. The molecule has 0 aromatic heterocycles. The van der Waals surface area contributed by atoms with Gasteiger partial charge in [0.25, 0.3) is 0 Å². The van der Waals surface area contributed by atoms with Gasteiger partial charge >= 0.3 is 12.0 Å². The van der Waals surface area contributed by atoms with Gasteiger partial charge in [-0.05, 0) is 18.6 Å². The molecule has 1 aliphatic heterocycles. The van der Waals surface area contributed by atoms with Crippen molar-refractivity contribution >= 4 is 29.3 Å². The Morgan fingerprint density at radius 2 is 1.95 bits per heavy atom. The Balaban J connectivity index is 1.91. The predicted octanol–water partition coefficient (Wildman–Crippen LogP) is 1.96. The highest BCUT2D eigenvalue weighted by molar-refractivity contribution is 6.33. The van der Waals surface area contributed by atoms with Gasteiger partial charge in [-0.3, -0.25) is 9.69 Å². The molecule has 0 saturated carbocycles. The molecule has 6 nitrogen and oxygen atoms in total. The number of benzene rings is 1. The lowest BCUT2D eigenvalue weighted by Crippen LogP contribution is -2.38. The number of nitrogens with one attached hydrogen (secondary N) is 1. The number of hydrogen-bond donors (Lipinski definition) is 2. The molecule has 0 atom stereocenters. The van der Waals surface area contributed by atoms with Gasteiger partial charge in [0.1, 0.15) is 0 Å². The normalized spacial score (nSPS) is 16.3. The van der Waals surface area contributed by atoms with Crippen molar-refractivity contribution in [2.24, 2.45) is 0 Å². The van der Waals surface area contributed by atoms with Crippen LogP contribution < -0.4 is 5.32 Å². The van der Waals surface area contributed by atoms with Crippen molar-refractivity contribution in [1.29, 1.82) is 0 Å². The largest absolute Gasteiger partial charge is 0.480 e. The first-order valence-corrected chi connectivity index (χ1v) is 7.18. The molecule has 1 aromatic carbocycles. The minimum Gasteiger partial charge on any atom is -0.480 e. The highest BCUT2D eigenvalue weighted by Gasteiger charge is 2.20. The Labute approximate surface area is 128 Å². The topological polar surface area (TPSA) is 72.9 Å². The second-order valence-electron chi connectivity index (χ2n) is 4.92. The van der Waals surface area contributed by atoms with E-state index < -0.39 is 5.97 Å². The minimum absolute atomic E-state index is 0.0139. The number of para-hydroxylation sites is 1. The number of halogens is 1. The Hall–Kier alpha value is -1.79. The molecule has 0 aliphatic carbocycles. The summed E-state index contributed by atoms with van der Waals surface area (Å²) in [4.78, 5) is 26.5. The summed E-state index contributed by atoms with van der Waals surface area (Å²) in [6, 6.07) is 6.86. The quantitative estimate of drug-likeness (QED) is 0.895. The molecule has 1 saturated heterocycles. The Morgan fingerprint density at radius 3 is 2.67 bits per heavy atom. The molecule has 2 amide bonds. The van der Waals surface area contributed by atoms with Gasteiger partial charge in [0, 0.05) is 26.2 Å². The predicted molar refractivity (Wildman–Crippen MR) is 80.7 cm³/mol. The zero-order chi connectivity index (χ0) is 15.2. The van der Waals surface area contributed by atoms with E-state index >= 15 is 0 Å². The number of nitrogens with zero attached hydrogens (tertiary/aromatic N) is 2. The van der Waals surface area contributed by atoms with Crippen LogP contribution in [0.4, 0.5) is 10.5 Å². The number of carbonyl (C=O) groups is 2. The molecule has 1 fully saturated rings. The van der Waals surface area contributed by atoms with E-state index in [4.69, 9.17) is 16.7 Å². The molecule has 2 rings (SSSR count). The van der Waals surface area contributed by atoms with Gasteiger partial charge in [-0.1, -0.05) is 23.7 Å². The van der Waals surface area contributed by atoms with Crippen molar-refractivity contribution in [1.82, 2.24) is 9.80 Å². The maximum Gasteiger partial charge on any atom is 0.321 e. The molecule has 1 aromatic rings. The summed E-state index contributed by atoms with van der Waals surface area (Å²) in [5.41, 5.74) is 0.579. The second-order valence-corrected chi connectivity index (χ2v) is 5.33. The number of anilines is 1. The smallest absolute Gasteiger partial charge is 0.321 e. The summed E-state index contributed by atoms with van der Waals surface area (Å²) in [7, 11) is 0. The van der Waals surface area contributed by atoms with Crippen molar-refractivity contribution < 1.29 is 14.7 Å². The van der Waals surface area contributed by atoms with Crippen LogP contribution in [0.1, 0.15) is 6.42 Å². The van der Waals surface area contributed by atoms with Crippen LogP contribution in [0.25, 0.3) is 0 Å². The van der Waals surface area contributed by atoms with E-state index in [0.29, 0.717) is 36.9 Å². The number of carboxylic acids is 1. The first-order chi connectivity index (χ1) is 10.1. The summed E-state index contributed by atoms with van der Waals surface area (Å²) in [5, 5.41) is 12.1. The fourth-order valence-electron chi connectivity index (χ4n) is 2.28. The molecular weight excluding hydrogens is 294 g/mol. The fraction of sp³-hybridized carbons (Fsp3) is 0.429. The van der Waals surface area contributed by atoms with Crippen LogP contribution in [0, 0.1) is 0 Å². The number of rotatable bonds is 3. The first kappa shape index (κ1) is 15.6. The van der Waals surface area contributed by atoms with Crippen LogP contribution in [-0.2, 0) is 4.79 Å². The molecule has 114 valence electrons. The third-order valence-corrected chi connectivity index (χ3v) is 3.68. The van der Waals surface area contributed by atoms with Crippen molar-refractivity contribution in [3.63, 3.8) is 0 Å². The van der Waals surface area contributed by atoms with Crippen LogP contribution in [0.2, 0.25) is 5.02 Å². The lowest BCUT2D eigenvalue weighted by molar-refractivity contribution is -0.138. The lowest BCUT2D eigenvalue weighted by Gasteiger charge is -2.21. The van der Waals surface area contributed by atoms with Gasteiger partial charge in [0.05, 0.1) is 17.3 Å². The maximum absolute atomic E-state index is 12.2. The van der Waals surface area contributed by atoms with E-state index in [9.17, 15) is 9.59 Å². The molecular formula is C14H18ClN3O3. The van der Waals surface area contributed by atoms with Gasteiger partial charge in [-0.25, -0.2) is 4.79 Å². The second kappa shape index (κ2) is 7.28. The van der Waals surface area contributed by atoms with Gasteiger partial charge in [0.2, 0.25) is 0 Å². The van der Waals surface area contributed by atoms with Gasteiger partial charge in [-0.15, -0.1) is 0 Å². The van der Waals surface area contributed by atoms with Gasteiger partial charge in [0.15, 0.2) is 0 Å². The van der Waals surface area contributed by atoms with E-state index in [1.54, 1.807) is 29.2 Å². The molecule has 0 unspecified atom stereocenters. The molecule has 0 spiro atoms. The van der Waals surface area contributed by atoms with Gasteiger partial charge in [-0.2, -0.15) is 0 Å². The summed E-state index contributed by atoms with van der Waals surface area (Å²) in [6.45, 7) is 2.36. The standard InChI is InChI=1S/C14H18ClN3O3/c15-11-4-1-2-5-12(11)16-14(21)18-7-3-6-17(8-9-18)10-13(19)20/h1-2,4-5H,3,6-10H2,(H,16,21)(H,19,20). The molecule has 7 heteroatoms. The van der Waals surface area contributed by atoms with Crippen LogP contribution in [0.5, 0.6) is 0 Å². The number of carbonyl (C=O) groups excluding carboxylic acids is 1. The van der Waals surface area contributed by atoms with Crippen LogP contribution >= 0.6 is 11.6 Å². The van der Waals surface area contributed by atoms with Crippen LogP contribution in [0.3, 0.4) is 0 Å². The van der Waals surface area contributed by atoms with Crippen molar-refractivity contribution in [2.75, 3.05) is 38.0 Å². The zero-order valence-corrected chi connectivity index (χ0v) is 12.3. The maximum atomic E-state index is 12.2. The molecule has 0 radical (unpaired) electrons. The molecule has 2 N–H and O–H groups in total. The van der Waals surface area contributed by atoms with Crippen molar-refractivity contribution in [3.8, 4) is 0 Å². The third kappa shape index (κ3) is 4.61. The van der Waals surface area contributed by atoms with Crippen LogP contribution in [-0.4, -0.2) is 59.6 Å². The zero-order valence-electron chi connectivity index (χ0n) is 11.6. The number of aliphatic carboxylic acids is 1. The first-order valence-electron chi connectivity index (χ1n) is 6.81. The summed E-state index contributed by atoms with van der Waals surface area (Å²) < 4.78 is 0. The summed E-state index contributed by atoms with van der Waals surface area (Å²) >= 11 is 6.01. The average molecular weight is 312 g/mol. The van der Waals surface area contributed by atoms with Crippen LogP contribution in [0.15, 0.2) is 24.3 Å². The van der Waals surface area contributed by atoms with E-state index in [1.165, 1.54) is 0 Å². The van der Waals surface area contributed by atoms with E-state index in [-0.39, 0.29) is 12.6 Å². The van der Waals surface area contributed by atoms with Gasteiger partial charge < -0.3 is 15.3 Å². The Morgan fingerprint density at radius 1 is 1.19 bits per heavy atom. The third-order valence-electron chi connectivity index (χ3n) is 3.35. The highest BCUT2D eigenvalue weighted by atomic mass is 35.5. The number of hydrogen-bond acceptors (Lipinski definition) is 3. The monoisotopic (exact) mass is 311 g/mol. The van der Waals surface area contributed by atoms with E-state index in [1.807, 2.05) is 4.90 Å². The number of amides is 2. The lowest BCUT2D eigenvalue weighted by atomic mass is 10.3. The Kier molecular flexibility index (Phi) is 5.41. The van der Waals surface area contributed by atoms with Crippen molar-refractivity contribution in [3.05, 3.63) is 29.3 Å². The van der Waals surface area contributed by atoms with E-state index in [2.05, 4.69) is 5.32 Å². The average Bonchev–Trinajstić information content (AvgIpc) is 2.66. The van der Waals surface area contributed by atoms with E-state index in [0.717, 1.165) is 6.42 Å². The molecule has 1 aliphatic rings. The van der Waals surface area contributed by atoms with Crippen molar-refractivity contribution in [2.45, 2.75) is 6.42 Å². The SMILES string of the molecule is O=C(O)CN1CCCN(C(=O)Nc2ccccc2Cl)CC1. The number of carboxylic acid groups (broad SMARTS) is 1. The molecule has 1 heterocycles.